The Morgan fingerprint density at radius 3 is 2.35 bits per heavy atom. The number of rotatable bonds is 6. The molecule has 5 heteroatoms. The third-order valence-corrected chi connectivity index (χ3v) is 2.90. The highest BCUT2D eigenvalue weighted by molar-refractivity contribution is 5.88. The highest BCUT2D eigenvalue weighted by Gasteiger charge is 2.23. The van der Waals surface area contributed by atoms with E-state index >= 15 is 0 Å². The van der Waals surface area contributed by atoms with E-state index in [9.17, 15) is 9.59 Å². The number of nitrogens with two attached hydrogens (primary N) is 1. The van der Waals surface area contributed by atoms with Gasteiger partial charge in [0, 0.05) is 12.6 Å². The van der Waals surface area contributed by atoms with Crippen LogP contribution in [-0.4, -0.2) is 35.8 Å². The molecule has 0 aromatic heterocycles. The van der Waals surface area contributed by atoms with Gasteiger partial charge in [0.25, 0.3) is 0 Å². The van der Waals surface area contributed by atoms with Gasteiger partial charge in [-0.1, -0.05) is 30.3 Å². The minimum absolute atomic E-state index is 0.0358. The third-order valence-electron chi connectivity index (χ3n) is 2.90. The van der Waals surface area contributed by atoms with E-state index in [1.807, 2.05) is 51.1 Å². The van der Waals surface area contributed by atoms with Crippen molar-refractivity contribution in [3.63, 3.8) is 0 Å². The summed E-state index contributed by atoms with van der Waals surface area (Å²) in [6.07, 6.45) is 0. The van der Waals surface area contributed by atoms with Gasteiger partial charge in [0.2, 0.25) is 11.8 Å². The van der Waals surface area contributed by atoms with Gasteiger partial charge in [-0.2, -0.15) is 0 Å². The molecule has 0 heterocycles. The van der Waals surface area contributed by atoms with Crippen LogP contribution in [0.15, 0.2) is 30.3 Å². The smallest absolute Gasteiger partial charge is 0.244 e. The van der Waals surface area contributed by atoms with Crippen molar-refractivity contribution in [2.45, 2.75) is 32.9 Å². The Labute approximate surface area is 120 Å². The Kier molecular flexibility index (Phi) is 6.18. The van der Waals surface area contributed by atoms with Crippen LogP contribution >= 0.6 is 0 Å². The topological polar surface area (TPSA) is 75.4 Å². The van der Waals surface area contributed by atoms with Crippen LogP contribution in [0.5, 0.6) is 0 Å². The summed E-state index contributed by atoms with van der Waals surface area (Å²) in [5, 5.41) is 2.77. The summed E-state index contributed by atoms with van der Waals surface area (Å²) >= 11 is 0. The maximum atomic E-state index is 12.3. The predicted molar refractivity (Wildman–Crippen MR) is 78.9 cm³/mol. The van der Waals surface area contributed by atoms with E-state index in [0.717, 1.165) is 5.56 Å². The maximum Gasteiger partial charge on any atom is 0.244 e. The van der Waals surface area contributed by atoms with Gasteiger partial charge in [0.05, 0.1) is 6.54 Å². The minimum atomic E-state index is -0.733. The van der Waals surface area contributed by atoms with Crippen LogP contribution in [0.1, 0.15) is 32.4 Å². The highest BCUT2D eigenvalue weighted by atomic mass is 16.2. The van der Waals surface area contributed by atoms with E-state index in [0.29, 0.717) is 6.54 Å². The lowest BCUT2D eigenvalue weighted by Crippen LogP contribution is -2.45. The maximum absolute atomic E-state index is 12.3. The molecule has 1 aromatic rings. The number of hydrogen-bond donors (Lipinski definition) is 2. The van der Waals surface area contributed by atoms with E-state index in [-0.39, 0.29) is 24.4 Å². The third kappa shape index (κ3) is 4.66. The van der Waals surface area contributed by atoms with Gasteiger partial charge < -0.3 is 16.0 Å². The molecule has 0 aliphatic carbocycles. The molecule has 1 rings (SSSR count). The Bertz CT molecular complexity index is 446. The Morgan fingerprint density at radius 2 is 1.85 bits per heavy atom. The van der Waals surface area contributed by atoms with E-state index in [1.165, 1.54) is 4.90 Å². The summed E-state index contributed by atoms with van der Waals surface area (Å²) in [5.74, 6) is -0.409. The number of hydrogen-bond acceptors (Lipinski definition) is 3. The van der Waals surface area contributed by atoms with Crippen molar-refractivity contribution in [3.8, 4) is 0 Å². The first-order chi connectivity index (χ1) is 9.45. The fraction of sp³-hybridized carbons (Fsp3) is 0.467. The van der Waals surface area contributed by atoms with Gasteiger partial charge in [0.1, 0.15) is 6.04 Å². The summed E-state index contributed by atoms with van der Waals surface area (Å²) in [4.78, 5) is 25.5. The Morgan fingerprint density at radius 1 is 1.25 bits per heavy atom. The first-order valence-corrected chi connectivity index (χ1v) is 6.84. The van der Waals surface area contributed by atoms with Crippen LogP contribution in [0.25, 0.3) is 0 Å². The Balaban J connectivity index is 2.69. The molecular weight excluding hydrogens is 254 g/mol. The second-order valence-electron chi connectivity index (χ2n) is 4.96. The van der Waals surface area contributed by atoms with Crippen molar-refractivity contribution >= 4 is 11.8 Å². The van der Waals surface area contributed by atoms with Gasteiger partial charge in [-0.05, 0) is 26.3 Å². The average molecular weight is 277 g/mol. The number of nitrogens with one attached hydrogen (secondary N) is 1. The van der Waals surface area contributed by atoms with Crippen LogP contribution in [0.4, 0.5) is 0 Å². The lowest BCUT2D eigenvalue weighted by molar-refractivity contribution is -0.137. The van der Waals surface area contributed by atoms with Crippen LogP contribution in [0.3, 0.4) is 0 Å². The summed E-state index contributed by atoms with van der Waals surface area (Å²) in [5.41, 5.74) is 6.72. The highest BCUT2D eigenvalue weighted by Crippen LogP contribution is 2.12. The SMILES string of the molecule is CCN(CC(=O)NC(C)C)C(=O)[C@H](N)c1ccccc1. The zero-order valence-corrected chi connectivity index (χ0v) is 12.3. The zero-order chi connectivity index (χ0) is 15.1. The number of nitrogens with zero attached hydrogens (tertiary/aromatic N) is 1. The molecule has 0 saturated heterocycles. The summed E-state index contributed by atoms with van der Waals surface area (Å²) in [6, 6.07) is 8.49. The molecule has 0 saturated carbocycles. The number of likely N-dealkylation sites (N-methyl/N-ethyl adjacent to an activating group) is 1. The molecule has 0 fully saturated rings. The number of amides is 2. The standard InChI is InChI=1S/C15H23N3O2/c1-4-18(10-13(19)17-11(2)3)15(20)14(16)12-8-6-5-7-9-12/h5-9,11,14H,4,10,16H2,1-3H3,(H,17,19)/t14-/m1/s1. The van der Waals surface area contributed by atoms with E-state index < -0.39 is 6.04 Å². The largest absolute Gasteiger partial charge is 0.352 e. The molecule has 5 nitrogen and oxygen atoms in total. The molecule has 1 atom stereocenters. The predicted octanol–water partition coefficient (Wildman–Crippen LogP) is 1.06. The molecule has 0 bridgehead atoms. The van der Waals surface area contributed by atoms with Crippen LogP contribution in [-0.2, 0) is 9.59 Å². The molecule has 0 unspecified atom stereocenters. The van der Waals surface area contributed by atoms with Crippen molar-refractivity contribution in [1.82, 2.24) is 10.2 Å². The molecular formula is C15H23N3O2. The van der Waals surface area contributed by atoms with E-state index in [4.69, 9.17) is 5.73 Å². The number of carbonyl (C=O) groups excluding carboxylic acids is 2. The van der Waals surface area contributed by atoms with Crippen LogP contribution < -0.4 is 11.1 Å². The van der Waals surface area contributed by atoms with Gasteiger partial charge in [-0.15, -0.1) is 0 Å². The van der Waals surface area contributed by atoms with E-state index in [2.05, 4.69) is 5.32 Å². The molecule has 3 N–H and O–H groups in total. The first kappa shape index (κ1) is 16.2. The summed E-state index contributed by atoms with van der Waals surface area (Å²) < 4.78 is 0. The first-order valence-electron chi connectivity index (χ1n) is 6.84. The van der Waals surface area contributed by atoms with Crippen LogP contribution in [0.2, 0.25) is 0 Å². The molecule has 0 aliphatic heterocycles. The minimum Gasteiger partial charge on any atom is -0.352 e. The van der Waals surface area contributed by atoms with Crippen molar-refractivity contribution in [2.75, 3.05) is 13.1 Å². The molecule has 0 spiro atoms. The fourth-order valence-corrected chi connectivity index (χ4v) is 1.89. The van der Waals surface area contributed by atoms with Gasteiger partial charge >= 0.3 is 0 Å². The second kappa shape index (κ2) is 7.65. The van der Waals surface area contributed by atoms with Gasteiger partial charge in [-0.3, -0.25) is 9.59 Å². The van der Waals surface area contributed by atoms with Crippen LogP contribution in [0, 0.1) is 0 Å². The zero-order valence-electron chi connectivity index (χ0n) is 12.3. The fourth-order valence-electron chi connectivity index (χ4n) is 1.89. The normalized spacial score (nSPS) is 12.1. The van der Waals surface area contributed by atoms with Gasteiger partial charge in [-0.25, -0.2) is 0 Å². The lowest BCUT2D eigenvalue weighted by Gasteiger charge is -2.24. The summed E-state index contributed by atoms with van der Waals surface area (Å²) in [7, 11) is 0. The quantitative estimate of drug-likeness (QED) is 0.816. The van der Waals surface area contributed by atoms with Crippen molar-refractivity contribution in [1.29, 1.82) is 0 Å². The number of benzene rings is 1. The van der Waals surface area contributed by atoms with Gasteiger partial charge in [0.15, 0.2) is 0 Å². The number of carbonyl (C=O) groups is 2. The molecule has 0 radical (unpaired) electrons. The Hall–Kier alpha value is -1.88. The summed E-state index contributed by atoms with van der Waals surface area (Å²) in [6.45, 7) is 6.08. The monoisotopic (exact) mass is 277 g/mol. The van der Waals surface area contributed by atoms with Crippen molar-refractivity contribution in [3.05, 3.63) is 35.9 Å². The molecule has 1 aromatic carbocycles. The molecule has 20 heavy (non-hydrogen) atoms. The molecule has 2 amide bonds. The average Bonchev–Trinajstić information content (AvgIpc) is 2.43. The van der Waals surface area contributed by atoms with Crippen molar-refractivity contribution < 1.29 is 9.59 Å². The van der Waals surface area contributed by atoms with Crippen molar-refractivity contribution in [2.24, 2.45) is 5.73 Å². The van der Waals surface area contributed by atoms with E-state index in [1.54, 1.807) is 0 Å². The molecule has 0 aliphatic rings. The second-order valence-corrected chi connectivity index (χ2v) is 4.96. The lowest BCUT2D eigenvalue weighted by atomic mass is 10.1. The molecule has 110 valence electrons.